The summed E-state index contributed by atoms with van der Waals surface area (Å²) in [6.45, 7) is 2.42. The Morgan fingerprint density at radius 3 is 2.54 bits per heavy atom. The number of nitrogens with zero attached hydrogens (tertiary/aromatic N) is 1. The quantitative estimate of drug-likeness (QED) is 0.776. The first-order valence-electron chi connectivity index (χ1n) is 8.31. The third-order valence-corrected chi connectivity index (χ3v) is 4.09. The van der Waals surface area contributed by atoms with Gasteiger partial charge in [-0.15, -0.1) is 0 Å². The first-order valence-corrected chi connectivity index (χ1v) is 8.31. The van der Waals surface area contributed by atoms with E-state index in [2.05, 4.69) is 5.32 Å². The van der Waals surface area contributed by atoms with E-state index in [4.69, 9.17) is 15.2 Å². The van der Waals surface area contributed by atoms with E-state index >= 15 is 0 Å². The van der Waals surface area contributed by atoms with Crippen molar-refractivity contribution < 1.29 is 19.1 Å². The van der Waals surface area contributed by atoms with E-state index in [-0.39, 0.29) is 25.0 Å². The number of amides is 2. The fraction of sp³-hybridized carbons (Fsp3) is 0.263. The summed E-state index contributed by atoms with van der Waals surface area (Å²) in [6.07, 6.45) is 0.167. The molecule has 0 fully saturated rings. The van der Waals surface area contributed by atoms with Crippen molar-refractivity contribution in [3.05, 3.63) is 48.0 Å². The van der Waals surface area contributed by atoms with Crippen LogP contribution in [-0.4, -0.2) is 30.1 Å². The van der Waals surface area contributed by atoms with Gasteiger partial charge >= 0.3 is 0 Å². The van der Waals surface area contributed by atoms with Gasteiger partial charge in [-0.25, -0.2) is 0 Å². The number of hydrogen-bond donors (Lipinski definition) is 2. The first kappa shape index (κ1) is 17.6. The number of carbonyl (C=O) groups excluding carboxylic acids is 2. The zero-order valence-corrected chi connectivity index (χ0v) is 14.5. The van der Waals surface area contributed by atoms with Crippen LogP contribution >= 0.6 is 0 Å². The zero-order valence-electron chi connectivity index (χ0n) is 14.5. The van der Waals surface area contributed by atoms with Crippen LogP contribution in [0.3, 0.4) is 0 Å². The maximum atomic E-state index is 12.3. The van der Waals surface area contributed by atoms with E-state index in [0.717, 1.165) is 5.56 Å². The van der Waals surface area contributed by atoms with Crippen molar-refractivity contribution in [2.75, 3.05) is 24.4 Å². The van der Waals surface area contributed by atoms with Gasteiger partial charge in [-0.1, -0.05) is 30.3 Å². The summed E-state index contributed by atoms with van der Waals surface area (Å²) in [4.78, 5) is 25.7. The van der Waals surface area contributed by atoms with E-state index in [0.29, 0.717) is 36.0 Å². The highest BCUT2D eigenvalue weighted by molar-refractivity contribution is 5.95. The van der Waals surface area contributed by atoms with Crippen molar-refractivity contribution in [2.24, 2.45) is 0 Å². The molecule has 1 aliphatic heterocycles. The van der Waals surface area contributed by atoms with Gasteiger partial charge in [-0.3, -0.25) is 9.59 Å². The Labute approximate surface area is 151 Å². The predicted octanol–water partition coefficient (Wildman–Crippen LogP) is 2.37. The third-order valence-electron chi connectivity index (χ3n) is 4.09. The topological polar surface area (TPSA) is 93.9 Å². The summed E-state index contributed by atoms with van der Waals surface area (Å²) in [5.41, 5.74) is 7.82. The van der Waals surface area contributed by atoms with Crippen LogP contribution in [0.1, 0.15) is 18.9 Å². The third kappa shape index (κ3) is 4.24. The van der Waals surface area contributed by atoms with Gasteiger partial charge in [0.05, 0.1) is 11.4 Å². The molecule has 0 radical (unpaired) electrons. The van der Waals surface area contributed by atoms with Gasteiger partial charge < -0.3 is 25.4 Å². The number of rotatable bonds is 6. The summed E-state index contributed by atoms with van der Waals surface area (Å²) in [5, 5.41) is 2.76. The summed E-state index contributed by atoms with van der Waals surface area (Å²) in [7, 11) is 0. The van der Waals surface area contributed by atoms with Crippen LogP contribution in [0.4, 0.5) is 11.4 Å². The largest absolute Gasteiger partial charge is 0.454 e. The van der Waals surface area contributed by atoms with Gasteiger partial charge in [-0.2, -0.15) is 0 Å². The molecule has 0 aliphatic carbocycles. The lowest BCUT2D eigenvalue weighted by Gasteiger charge is -2.21. The Bertz CT molecular complexity index is 808. The predicted molar refractivity (Wildman–Crippen MR) is 97.8 cm³/mol. The van der Waals surface area contributed by atoms with Crippen LogP contribution in [-0.2, 0) is 16.1 Å². The lowest BCUT2D eigenvalue weighted by Crippen LogP contribution is -2.31. The summed E-state index contributed by atoms with van der Waals surface area (Å²) in [6, 6.07) is 12.9. The van der Waals surface area contributed by atoms with Gasteiger partial charge in [0.25, 0.3) is 0 Å². The van der Waals surface area contributed by atoms with Crippen LogP contribution in [0.25, 0.3) is 0 Å². The van der Waals surface area contributed by atoms with Crippen molar-refractivity contribution >= 4 is 23.2 Å². The monoisotopic (exact) mass is 355 g/mol. The smallest absolute Gasteiger partial charge is 0.231 e. The minimum Gasteiger partial charge on any atom is -0.454 e. The second kappa shape index (κ2) is 7.77. The number of carbonyl (C=O) groups is 2. The molecule has 7 nitrogen and oxygen atoms in total. The molecule has 1 aliphatic rings. The minimum absolute atomic E-state index is 0.0794. The second-order valence-electron chi connectivity index (χ2n) is 6.02. The lowest BCUT2D eigenvalue weighted by molar-refractivity contribution is -0.129. The Kier molecular flexibility index (Phi) is 5.26. The van der Waals surface area contributed by atoms with Gasteiger partial charge in [0.1, 0.15) is 0 Å². The van der Waals surface area contributed by atoms with Crippen molar-refractivity contribution in [1.82, 2.24) is 4.90 Å². The molecule has 0 saturated carbocycles. The summed E-state index contributed by atoms with van der Waals surface area (Å²) < 4.78 is 10.5. The average molecular weight is 355 g/mol. The van der Waals surface area contributed by atoms with Gasteiger partial charge in [0.2, 0.25) is 18.6 Å². The van der Waals surface area contributed by atoms with Gasteiger partial charge in [-0.05, 0) is 5.56 Å². The number of ether oxygens (including phenoxy) is 2. The normalized spacial score (nSPS) is 11.9. The Morgan fingerprint density at radius 1 is 1.15 bits per heavy atom. The second-order valence-corrected chi connectivity index (χ2v) is 6.02. The molecule has 1 heterocycles. The van der Waals surface area contributed by atoms with Crippen LogP contribution in [0.5, 0.6) is 11.5 Å². The van der Waals surface area contributed by atoms with Crippen molar-refractivity contribution in [2.45, 2.75) is 19.9 Å². The fourth-order valence-corrected chi connectivity index (χ4v) is 2.67. The van der Waals surface area contributed by atoms with E-state index < -0.39 is 0 Å². The average Bonchev–Trinajstić information content (AvgIpc) is 3.06. The molecule has 3 rings (SSSR count). The molecular formula is C19H21N3O4. The summed E-state index contributed by atoms with van der Waals surface area (Å²) in [5.74, 6) is 0.800. The molecule has 2 aromatic rings. The number of nitrogens with two attached hydrogens (primary N) is 1. The molecule has 7 heteroatoms. The number of anilines is 2. The van der Waals surface area contributed by atoms with Gasteiger partial charge in [0.15, 0.2) is 11.5 Å². The number of nitrogens with one attached hydrogen (secondary N) is 1. The van der Waals surface area contributed by atoms with E-state index in [1.165, 1.54) is 6.92 Å². The number of nitrogen functional groups attached to an aromatic ring is 1. The highest BCUT2D eigenvalue weighted by atomic mass is 16.7. The molecule has 2 aromatic carbocycles. The lowest BCUT2D eigenvalue weighted by atomic mass is 10.2. The molecule has 26 heavy (non-hydrogen) atoms. The maximum absolute atomic E-state index is 12.3. The first-order chi connectivity index (χ1) is 12.5. The molecule has 0 saturated heterocycles. The molecule has 0 unspecified atom stereocenters. The van der Waals surface area contributed by atoms with E-state index in [1.807, 2.05) is 30.3 Å². The zero-order chi connectivity index (χ0) is 18.5. The highest BCUT2D eigenvalue weighted by Crippen LogP contribution is 2.38. The number of hydrogen-bond acceptors (Lipinski definition) is 5. The molecule has 136 valence electrons. The number of fused-ring (bicyclic) bond motifs is 1. The van der Waals surface area contributed by atoms with Crippen LogP contribution < -0.4 is 20.5 Å². The van der Waals surface area contributed by atoms with Crippen molar-refractivity contribution in [3.63, 3.8) is 0 Å². The molecule has 0 bridgehead atoms. The van der Waals surface area contributed by atoms with Crippen molar-refractivity contribution in [1.29, 1.82) is 0 Å². The SMILES string of the molecule is CC(=O)N(CCC(=O)Nc1cc2c(cc1N)OCO2)Cc1ccccc1. The molecule has 0 spiro atoms. The van der Waals surface area contributed by atoms with Crippen LogP contribution in [0.15, 0.2) is 42.5 Å². The van der Waals surface area contributed by atoms with Crippen LogP contribution in [0, 0.1) is 0 Å². The number of benzene rings is 2. The van der Waals surface area contributed by atoms with Gasteiger partial charge in [0, 0.05) is 38.6 Å². The molecule has 2 amide bonds. The van der Waals surface area contributed by atoms with Crippen LogP contribution in [0.2, 0.25) is 0 Å². The van der Waals surface area contributed by atoms with E-state index in [1.54, 1.807) is 17.0 Å². The highest BCUT2D eigenvalue weighted by Gasteiger charge is 2.18. The molecular weight excluding hydrogens is 334 g/mol. The van der Waals surface area contributed by atoms with Crippen molar-refractivity contribution in [3.8, 4) is 11.5 Å². The minimum atomic E-state index is -0.227. The fourth-order valence-electron chi connectivity index (χ4n) is 2.67. The standard InChI is InChI=1S/C19H21N3O4/c1-13(23)22(11-14-5-3-2-4-6-14)8-7-19(24)21-16-10-18-17(9-15(16)20)25-12-26-18/h2-6,9-10H,7-8,11-12,20H2,1H3,(H,21,24). The molecule has 0 atom stereocenters. The maximum Gasteiger partial charge on any atom is 0.231 e. The summed E-state index contributed by atoms with van der Waals surface area (Å²) >= 11 is 0. The Morgan fingerprint density at radius 2 is 1.85 bits per heavy atom. The molecule has 0 aromatic heterocycles. The Hall–Kier alpha value is -3.22. The molecule has 3 N–H and O–H groups in total. The Balaban J connectivity index is 1.58. The van der Waals surface area contributed by atoms with E-state index in [9.17, 15) is 9.59 Å².